The van der Waals surface area contributed by atoms with Gasteiger partial charge in [-0.1, -0.05) is 148 Å². The zero-order valence-corrected chi connectivity index (χ0v) is 28.0. The van der Waals surface area contributed by atoms with E-state index in [1.165, 1.54) is 68.7 Å². The van der Waals surface area contributed by atoms with E-state index < -0.39 is 5.97 Å². The van der Waals surface area contributed by atoms with Crippen LogP contribution in [-0.2, 0) is 33.7 Å². The number of thioether (sulfide) groups is 1. The topological polar surface area (TPSA) is 55.7 Å². The van der Waals surface area contributed by atoms with Crippen molar-refractivity contribution in [2.24, 2.45) is 5.10 Å². The highest BCUT2D eigenvalue weighted by Crippen LogP contribution is 2.38. The van der Waals surface area contributed by atoms with E-state index in [-0.39, 0.29) is 22.1 Å². The molecule has 0 saturated carbocycles. The Hall–Kier alpha value is -2.44. The lowest BCUT2D eigenvalue weighted by molar-refractivity contribution is -0.134. The fourth-order valence-corrected chi connectivity index (χ4v) is 6.45. The van der Waals surface area contributed by atoms with Gasteiger partial charge in [0.2, 0.25) is 5.04 Å². The number of aryl methyl sites for hydroxylation is 3. The zero-order chi connectivity index (χ0) is 30.8. The number of unbranched alkanes of at least 4 members (excludes halogenated alkanes) is 9. The molecule has 2 aromatic carbocycles. The third-order valence-electron chi connectivity index (χ3n) is 7.77. The van der Waals surface area contributed by atoms with Crippen LogP contribution in [0.15, 0.2) is 47.6 Å². The molecule has 2 rings (SSSR count). The summed E-state index contributed by atoms with van der Waals surface area (Å²) in [5, 5.41) is 5.39. The van der Waals surface area contributed by atoms with E-state index in [0.29, 0.717) is 6.54 Å². The molecule has 0 bridgehead atoms. The molecule has 0 heterocycles. The molecule has 6 heteroatoms. The van der Waals surface area contributed by atoms with Gasteiger partial charge in [0.1, 0.15) is 6.54 Å². The number of esters is 1. The fourth-order valence-electron chi connectivity index (χ4n) is 5.53. The van der Waals surface area contributed by atoms with Gasteiger partial charge < -0.3 is 4.74 Å². The minimum atomic E-state index is -0.449. The first-order valence-corrected chi connectivity index (χ1v) is 17.3. The predicted octanol–water partition coefficient (Wildman–Crippen LogP) is 9.70. The first-order chi connectivity index (χ1) is 20.3. The van der Waals surface area contributed by atoms with Crippen LogP contribution in [-0.4, -0.2) is 29.3 Å². The maximum Gasteiger partial charge on any atom is 0.369 e. The monoisotopic (exact) mass is 595 g/mol. The lowest BCUT2D eigenvalue weighted by atomic mass is 9.97. The van der Waals surface area contributed by atoms with E-state index in [1.54, 1.807) is 6.92 Å². The van der Waals surface area contributed by atoms with Gasteiger partial charge in [0.05, 0.1) is 13.5 Å². The summed E-state index contributed by atoms with van der Waals surface area (Å²) in [6.07, 6.45) is 14.1. The molecule has 232 valence electrons. The molecule has 1 amide bonds. The Bertz CT molecular complexity index is 1110. The number of benzene rings is 2. The Morgan fingerprint density at radius 1 is 0.810 bits per heavy atom. The number of amides is 1. The third kappa shape index (κ3) is 11.0. The SMILES string of the molecule is CCCCCCCCCCCCSC(=N[N+](Cc1ccccc1)(C(C)=O)c1c(CC)cc(C)cc1CC)C(=O)OCC. The highest BCUT2D eigenvalue weighted by molar-refractivity contribution is 8.15. The summed E-state index contributed by atoms with van der Waals surface area (Å²) in [5.41, 5.74) is 5.22. The van der Waals surface area contributed by atoms with Crippen LogP contribution in [0.4, 0.5) is 5.69 Å². The molecule has 5 nitrogen and oxygen atoms in total. The van der Waals surface area contributed by atoms with Crippen molar-refractivity contribution in [3.63, 3.8) is 0 Å². The highest BCUT2D eigenvalue weighted by Gasteiger charge is 2.43. The van der Waals surface area contributed by atoms with E-state index in [9.17, 15) is 9.59 Å². The van der Waals surface area contributed by atoms with E-state index in [2.05, 4.69) is 39.8 Å². The average molecular weight is 596 g/mol. The first-order valence-electron chi connectivity index (χ1n) is 16.3. The van der Waals surface area contributed by atoms with Crippen molar-refractivity contribution in [3.05, 3.63) is 64.7 Å². The molecule has 0 aromatic heterocycles. The number of ether oxygens (including phenoxy) is 1. The summed E-state index contributed by atoms with van der Waals surface area (Å²) in [6, 6.07) is 14.3. The summed E-state index contributed by atoms with van der Waals surface area (Å²) >= 11 is 1.43. The second-order valence-electron chi connectivity index (χ2n) is 11.2. The normalized spacial score (nSPS) is 13.1. The lowest BCUT2D eigenvalue weighted by Crippen LogP contribution is -2.50. The number of quaternary nitrogens is 1. The predicted molar refractivity (Wildman–Crippen MR) is 181 cm³/mol. The number of hydrogen-bond donors (Lipinski definition) is 0. The molecule has 0 radical (unpaired) electrons. The van der Waals surface area contributed by atoms with Crippen LogP contribution in [0.5, 0.6) is 0 Å². The van der Waals surface area contributed by atoms with E-state index in [0.717, 1.165) is 53.8 Å². The summed E-state index contributed by atoms with van der Waals surface area (Å²) in [4.78, 5) is 27.2. The Morgan fingerprint density at radius 3 is 1.86 bits per heavy atom. The van der Waals surface area contributed by atoms with Gasteiger partial charge in [-0.2, -0.15) is 0 Å². The number of hydrogen-bond acceptors (Lipinski definition) is 5. The van der Waals surface area contributed by atoms with Crippen LogP contribution >= 0.6 is 11.8 Å². The molecular formula is C36H55N2O3S+. The van der Waals surface area contributed by atoms with Gasteiger partial charge in [0.15, 0.2) is 5.69 Å². The van der Waals surface area contributed by atoms with Crippen molar-refractivity contribution in [3.8, 4) is 0 Å². The van der Waals surface area contributed by atoms with Gasteiger partial charge in [0, 0.05) is 16.7 Å². The number of nitrogens with zero attached hydrogens (tertiary/aromatic N) is 2. The first kappa shape index (κ1) is 35.8. The van der Waals surface area contributed by atoms with Crippen LogP contribution in [0.2, 0.25) is 0 Å². The van der Waals surface area contributed by atoms with Gasteiger partial charge in [-0.25, -0.2) is 9.59 Å². The Morgan fingerprint density at radius 2 is 1.36 bits per heavy atom. The van der Waals surface area contributed by atoms with E-state index in [4.69, 9.17) is 9.84 Å². The van der Waals surface area contributed by atoms with Crippen LogP contribution in [0.3, 0.4) is 0 Å². The maximum atomic E-state index is 13.9. The van der Waals surface area contributed by atoms with E-state index >= 15 is 0 Å². The molecule has 0 aliphatic heterocycles. The molecule has 0 aliphatic carbocycles. The second kappa shape index (κ2) is 19.7. The number of carbonyl (C=O) groups excluding carboxylic acids is 2. The minimum absolute atomic E-state index is 0.117. The van der Waals surface area contributed by atoms with Gasteiger partial charge >= 0.3 is 11.9 Å². The third-order valence-corrected chi connectivity index (χ3v) is 8.78. The molecule has 0 N–H and O–H groups in total. The Kier molecular flexibility index (Phi) is 16.8. The minimum Gasteiger partial charge on any atom is -0.461 e. The van der Waals surface area contributed by atoms with Crippen LogP contribution in [0, 0.1) is 6.92 Å². The van der Waals surface area contributed by atoms with Crippen molar-refractivity contribution in [1.82, 2.24) is 4.59 Å². The Balaban J connectivity index is 2.40. The largest absolute Gasteiger partial charge is 0.461 e. The van der Waals surface area contributed by atoms with Crippen LogP contribution in [0.1, 0.15) is 121 Å². The van der Waals surface area contributed by atoms with Crippen molar-refractivity contribution >= 4 is 34.4 Å². The summed E-state index contributed by atoms with van der Waals surface area (Å²) in [6.45, 7) is 12.6. The van der Waals surface area contributed by atoms with Crippen LogP contribution < -0.4 is 4.59 Å². The van der Waals surface area contributed by atoms with Gasteiger partial charge in [-0.15, -0.1) is 0 Å². The molecule has 0 spiro atoms. The van der Waals surface area contributed by atoms with Gasteiger partial charge in [-0.05, 0) is 38.9 Å². The Labute approximate surface area is 260 Å². The van der Waals surface area contributed by atoms with Crippen molar-refractivity contribution in [2.75, 3.05) is 12.4 Å². The number of carbonyl (C=O) groups is 2. The van der Waals surface area contributed by atoms with Crippen molar-refractivity contribution < 1.29 is 14.3 Å². The molecule has 2 aromatic rings. The highest BCUT2D eigenvalue weighted by atomic mass is 32.2. The molecule has 0 aliphatic rings. The second-order valence-corrected chi connectivity index (χ2v) is 12.3. The van der Waals surface area contributed by atoms with Crippen molar-refractivity contribution in [2.45, 2.75) is 125 Å². The molecule has 0 saturated heterocycles. The van der Waals surface area contributed by atoms with Gasteiger partial charge in [-0.3, -0.25) is 0 Å². The standard InChI is InChI=1S/C36H55N2O3S/c1-7-11-12-13-14-15-16-17-18-22-25-42-35(36(40)41-10-4)37-38(30(6)39,28-31-23-20-19-21-24-31)34-32(8-2)26-29(5)27-33(34)9-3/h19-21,23-24,26-27H,7-18,22,25,28H2,1-6H3/q+1. The number of rotatable bonds is 18. The van der Waals surface area contributed by atoms with Crippen molar-refractivity contribution in [1.29, 1.82) is 0 Å². The molecule has 1 unspecified atom stereocenters. The summed E-state index contributed by atoms with van der Waals surface area (Å²) in [5.74, 6) is 0.204. The molecular weight excluding hydrogens is 540 g/mol. The summed E-state index contributed by atoms with van der Waals surface area (Å²) in [7, 11) is 0. The molecule has 1 atom stereocenters. The quantitative estimate of drug-likeness (QED) is 0.0430. The lowest BCUT2D eigenvalue weighted by Gasteiger charge is -2.32. The fraction of sp³-hybridized carbons (Fsp3) is 0.583. The van der Waals surface area contributed by atoms with E-state index in [1.807, 2.05) is 37.3 Å². The van der Waals surface area contributed by atoms with Gasteiger partial charge in [0.25, 0.3) is 0 Å². The molecule has 42 heavy (non-hydrogen) atoms. The summed E-state index contributed by atoms with van der Waals surface area (Å²) < 4.78 is 5.20. The smallest absolute Gasteiger partial charge is 0.369 e. The van der Waals surface area contributed by atoms with Crippen LogP contribution in [0.25, 0.3) is 0 Å². The average Bonchev–Trinajstić information content (AvgIpc) is 2.98. The molecule has 0 fully saturated rings. The zero-order valence-electron chi connectivity index (χ0n) is 27.2. The maximum absolute atomic E-state index is 13.9.